The average molecular weight is 1340 g/mol. The van der Waals surface area contributed by atoms with Crippen LogP contribution >= 0.6 is 0 Å². The number of nitrogens with two attached hydrogens (primary N) is 2. The summed E-state index contributed by atoms with van der Waals surface area (Å²) in [6.07, 6.45) is 17.5. The lowest BCUT2D eigenvalue weighted by molar-refractivity contribution is -0.118. The van der Waals surface area contributed by atoms with E-state index in [0.29, 0.717) is 130 Å². The summed E-state index contributed by atoms with van der Waals surface area (Å²) in [5.74, 6) is 6.62. The number of amidine groups is 2. The molecule has 3 aliphatic rings. The number of carbonyl (C=O) groups excluding carboxylic acids is 2. The number of rotatable bonds is 12. The Morgan fingerprint density at radius 3 is 1.32 bits per heavy atom. The van der Waals surface area contributed by atoms with Crippen molar-refractivity contribution in [2.24, 2.45) is 15.7 Å². The summed E-state index contributed by atoms with van der Waals surface area (Å²) in [5.41, 5.74) is 16.4. The molecule has 7 N–H and O–H groups in total. The van der Waals surface area contributed by atoms with Crippen LogP contribution < -0.4 is 41.9 Å². The minimum Gasteiger partial charge on any atom is -0.479 e. The second-order valence-electron chi connectivity index (χ2n) is 23.9. The lowest BCUT2D eigenvalue weighted by atomic mass is 10.3. The molecule has 0 radical (unpaired) electrons. The fraction of sp³-hybridized carbons (Fsp3) is 0.455. The van der Waals surface area contributed by atoms with Crippen LogP contribution in [0.15, 0.2) is 114 Å². The van der Waals surface area contributed by atoms with Gasteiger partial charge in [0.1, 0.15) is 46.6 Å². The number of hydrogen-bond acceptors (Lipinski definition) is 24. The van der Waals surface area contributed by atoms with Crippen LogP contribution in [0.25, 0.3) is 44.7 Å². The minimum atomic E-state index is -0.174. The number of aliphatic imine (C=N–C) groups is 2. The van der Waals surface area contributed by atoms with Gasteiger partial charge in [0.15, 0.2) is 44.7 Å². The van der Waals surface area contributed by atoms with E-state index in [2.05, 4.69) is 156 Å². The summed E-state index contributed by atoms with van der Waals surface area (Å²) in [6.45, 7) is 52.1. The van der Waals surface area contributed by atoms with Crippen molar-refractivity contribution in [2.75, 3.05) is 26.1 Å². The van der Waals surface area contributed by atoms with Crippen LogP contribution in [-0.2, 0) is 9.59 Å². The molecule has 0 aromatic carbocycles. The van der Waals surface area contributed by atoms with E-state index in [0.717, 1.165) is 22.3 Å². The van der Waals surface area contributed by atoms with Crippen LogP contribution in [-0.4, -0.2) is 155 Å². The Balaban J connectivity index is 0.000000205. The van der Waals surface area contributed by atoms with Crippen molar-refractivity contribution in [3.05, 3.63) is 127 Å². The first-order chi connectivity index (χ1) is 45.7. The van der Waals surface area contributed by atoms with Crippen LogP contribution in [0.2, 0.25) is 0 Å². The van der Waals surface area contributed by atoms with Gasteiger partial charge in [0.25, 0.3) is 11.5 Å². The Bertz CT molecular complexity index is 4170. The average Bonchev–Trinajstić information content (AvgIpc) is 1.69. The second-order valence-corrected chi connectivity index (χ2v) is 23.9. The molecular formula is C66H97N25O6. The third-order valence-electron chi connectivity index (χ3n) is 13.8. The number of aromatic amines is 1. The number of nitrogens with one attached hydrogen (secondary N) is 3. The predicted octanol–water partition coefficient (Wildman–Crippen LogP) is 9.33. The van der Waals surface area contributed by atoms with Gasteiger partial charge in [-0.15, -0.1) is 0 Å². The minimum absolute atomic E-state index is 0.105. The number of aryl methyl sites for hydroxylation is 3. The van der Waals surface area contributed by atoms with Gasteiger partial charge in [-0.3, -0.25) is 14.4 Å². The topological polar surface area (TPSA) is 367 Å². The third kappa shape index (κ3) is 20.8. The molecule has 8 aromatic rings. The first-order valence-corrected chi connectivity index (χ1v) is 31.8. The van der Waals surface area contributed by atoms with Gasteiger partial charge < -0.3 is 74.3 Å². The zero-order valence-electron chi connectivity index (χ0n) is 59.9. The van der Waals surface area contributed by atoms with Crippen LogP contribution in [0.4, 0.5) is 5.95 Å². The molecule has 0 atom stereocenters. The number of carbonyl (C=O) groups is 2. The van der Waals surface area contributed by atoms with Gasteiger partial charge in [0.2, 0.25) is 29.5 Å². The SMILES string of the molecule is C=C1N=C(N)C=CN1C(C)C.C=C1N=C(NC(C)=O)C=CN1C(C)C.C=C1NC(=O)C=CN1C(C)C.CCOc1nc(C)nc2c1ncn2C(C)C.CCOc1nc(C)nc2c1ncn2C(C)C.COc1nc(N)nc2c1ncn2C(C)C.Cc1nc2c(ncn2C(C)C)c(=O)[nH]1. The van der Waals surface area contributed by atoms with E-state index in [9.17, 15) is 14.4 Å². The Hall–Kier alpha value is -10.9. The maximum atomic E-state index is 11.5. The van der Waals surface area contributed by atoms with E-state index < -0.39 is 0 Å². The summed E-state index contributed by atoms with van der Waals surface area (Å²) < 4.78 is 23.9. The van der Waals surface area contributed by atoms with Gasteiger partial charge in [-0.1, -0.05) is 19.7 Å². The van der Waals surface area contributed by atoms with E-state index >= 15 is 0 Å². The third-order valence-corrected chi connectivity index (χ3v) is 13.8. The number of ether oxygens (including phenoxy) is 3. The van der Waals surface area contributed by atoms with E-state index in [1.165, 1.54) is 20.1 Å². The first kappa shape index (κ1) is 76.8. The number of aromatic nitrogens is 16. The number of nitrogen functional groups attached to an aromatic ring is 1. The molecule has 2 amide bonds. The van der Waals surface area contributed by atoms with Crippen molar-refractivity contribution in [1.29, 1.82) is 0 Å². The lowest BCUT2D eigenvalue weighted by Crippen LogP contribution is -2.38. The van der Waals surface area contributed by atoms with Gasteiger partial charge in [-0.2, -0.15) is 19.9 Å². The lowest BCUT2D eigenvalue weighted by Gasteiger charge is -2.29. The maximum Gasteiger partial charge on any atom is 0.279 e. The van der Waals surface area contributed by atoms with Crippen molar-refractivity contribution in [2.45, 2.75) is 181 Å². The fourth-order valence-electron chi connectivity index (χ4n) is 9.18. The summed E-state index contributed by atoms with van der Waals surface area (Å²) >= 11 is 0. The van der Waals surface area contributed by atoms with E-state index in [1.54, 1.807) is 50.6 Å². The molecule has 97 heavy (non-hydrogen) atoms. The van der Waals surface area contributed by atoms with Crippen molar-refractivity contribution in [3.8, 4) is 17.6 Å². The van der Waals surface area contributed by atoms with E-state index in [4.69, 9.17) is 25.7 Å². The standard InChI is InChI=1S/2C11H16N4O.C10H15N3O.C9H13N5O.C9H12N4O.C8H13N3.C8H12N2O/c2*1-5-16-11-9-10(13-8(4)14-11)15(6-12-9)7(2)3;1-7(2)13-6-5-10(11-8(13)3)12-9(4)14;1-5(2)14-4-11-6-7(14)12-9(10)13-8(6)15-3;1-5(2)13-4-10-7-8(13)11-6(3)12-9(7)14;1-6(2)11-5-4-8(9)10-7(11)3;1-6(2)10-5-4-8(11)9-7(10)3/h2*6-7H,5H2,1-4H3;5-7H,3H2,1-2,4H3,(H,11,12,14);4-5H,1-3H3,(H2,10,12,13);4-5H,1-3H3,(H,11,12,14);4-6H,3H2,1-2H3,(H2,9,10);4-6H,3H2,1-2H3,(H,9,11). The quantitative estimate of drug-likeness (QED) is 0.0760. The van der Waals surface area contributed by atoms with Crippen LogP contribution in [0.5, 0.6) is 17.6 Å². The van der Waals surface area contributed by atoms with Gasteiger partial charge in [0, 0.05) is 73.9 Å². The van der Waals surface area contributed by atoms with Crippen molar-refractivity contribution in [1.82, 2.24) is 103 Å². The molecule has 522 valence electrons. The number of methoxy groups -OCH3 is 1. The molecule has 0 aliphatic carbocycles. The maximum absolute atomic E-state index is 11.5. The Morgan fingerprint density at radius 2 is 0.928 bits per heavy atom. The van der Waals surface area contributed by atoms with Gasteiger partial charge in [0.05, 0.1) is 45.6 Å². The molecule has 31 nitrogen and oxygen atoms in total. The van der Waals surface area contributed by atoms with Gasteiger partial charge in [-0.05, 0) is 144 Å². The first-order valence-electron chi connectivity index (χ1n) is 31.8. The van der Waals surface area contributed by atoms with Crippen molar-refractivity contribution >= 4 is 74.1 Å². The highest BCUT2D eigenvalue weighted by Gasteiger charge is 2.20. The number of imidazole rings is 4. The zero-order valence-corrected chi connectivity index (χ0v) is 59.9. The molecule has 0 saturated heterocycles. The molecular weight excluding hydrogens is 1240 g/mol. The highest BCUT2D eigenvalue weighted by atomic mass is 16.5. The van der Waals surface area contributed by atoms with Gasteiger partial charge in [-0.25, -0.2) is 44.9 Å². The molecule has 8 aromatic heterocycles. The summed E-state index contributed by atoms with van der Waals surface area (Å²) in [5, 5.41) is 5.22. The second kappa shape index (κ2) is 35.0. The number of fused-ring (bicyclic) bond motifs is 4. The molecule has 0 bridgehead atoms. The van der Waals surface area contributed by atoms with E-state index in [-0.39, 0.29) is 35.4 Å². The molecule has 0 saturated carbocycles. The highest BCUT2D eigenvalue weighted by Crippen LogP contribution is 2.26. The Labute approximate surface area is 566 Å². The molecule has 0 spiro atoms. The largest absolute Gasteiger partial charge is 0.479 e. The predicted molar refractivity (Wildman–Crippen MR) is 380 cm³/mol. The number of hydrogen-bond donors (Lipinski definition) is 5. The molecule has 11 heterocycles. The van der Waals surface area contributed by atoms with Crippen molar-refractivity contribution < 1.29 is 23.8 Å². The van der Waals surface area contributed by atoms with Crippen molar-refractivity contribution in [3.63, 3.8) is 0 Å². The monoisotopic (exact) mass is 1340 g/mol. The molecule has 11 rings (SSSR count). The normalized spacial score (nSPS) is 13.4. The van der Waals surface area contributed by atoms with E-state index in [1.807, 2.05) is 115 Å². The Morgan fingerprint density at radius 1 is 0.526 bits per heavy atom. The highest BCUT2D eigenvalue weighted by molar-refractivity contribution is 6.04. The summed E-state index contributed by atoms with van der Waals surface area (Å²) in [4.78, 5) is 96.2. The number of anilines is 1. The van der Waals surface area contributed by atoms with Gasteiger partial charge >= 0.3 is 0 Å². The molecule has 3 aliphatic heterocycles. The number of amides is 2. The Kier molecular flexibility index (Phi) is 27.7. The fourth-order valence-corrected chi connectivity index (χ4v) is 9.18. The van der Waals surface area contributed by atoms with Crippen LogP contribution in [0.1, 0.15) is 159 Å². The molecule has 0 fully saturated rings. The number of H-pyrrole nitrogens is 1. The summed E-state index contributed by atoms with van der Waals surface area (Å²) in [7, 11) is 1.54. The number of nitrogens with zero attached hydrogens (tertiary/aromatic N) is 20. The molecule has 31 heteroatoms. The van der Waals surface area contributed by atoms with Crippen LogP contribution in [0.3, 0.4) is 0 Å². The summed E-state index contributed by atoms with van der Waals surface area (Å²) in [6, 6.07) is 2.22. The van der Waals surface area contributed by atoms with Crippen LogP contribution in [0, 0.1) is 20.8 Å². The smallest absolute Gasteiger partial charge is 0.279 e. The zero-order chi connectivity index (χ0) is 72.3. The molecule has 0 unspecified atom stereocenters.